The lowest BCUT2D eigenvalue weighted by Crippen LogP contribution is -2.22. The molecule has 4 rings (SSSR count). The van der Waals surface area contributed by atoms with Gasteiger partial charge in [0, 0.05) is 16.0 Å². The van der Waals surface area contributed by atoms with Crippen LogP contribution in [0.5, 0.6) is 0 Å². The number of carbonyl (C=O) groups is 2. The normalized spacial score (nSPS) is 10.8. The van der Waals surface area contributed by atoms with Crippen LogP contribution in [0.1, 0.15) is 30.5 Å². The van der Waals surface area contributed by atoms with Crippen LogP contribution in [0.3, 0.4) is 0 Å². The second kappa shape index (κ2) is 7.19. The lowest BCUT2D eigenvalue weighted by atomic mass is 10.1. The van der Waals surface area contributed by atoms with Gasteiger partial charge in [0.2, 0.25) is 5.78 Å². The molecular weight excluding hydrogens is 364 g/mol. The van der Waals surface area contributed by atoms with Crippen LogP contribution in [0.4, 0.5) is 0 Å². The van der Waals surface area contributed by atoms with Crippen LogP contribution in [0, 0.1) is 0 Å². The molecule has 0 aliphatic carbocycles. The van der Waals surface area contributed by atoms with Crippen LogP contribution in [0.25, 0.3) is 10.2 Å². The van der Waals surface area contributed by atoms with E-state index in [4.69, 9.17) is 0 Å². The van der Waals surface area contributed by atoms with Gasteiger partial charge in [-0.15, -0.1) is 22.7 Å². The Hall–Kier alpha value is -2.83. The minimum Gasteiger partial charge on any atom is -0.347 e. The Balaban J connectivity index is 1.42. The second-order valence-corrected chi connectivity index (χ2v) is 7.73. The monoisotopic (exact) mass is 378 g/mol. The van der Waals surface area contributed by atoms with Crippen molar-refractivity contribution in [3.8, 4) is 0 Å². The third-order valence-corrected chi connectivity index (χ3v) is 5.81. The minimum atomic E-state index is -0.135. The fourth-order valence-corrected chi connectivity index (χ4v) is 4.22. The van der Waals surface area contributed by atoms with Crippen LogP contribution in [-0.2, 0) is 6.54 Å². The summed E-state index contributed by atoms with van der Waals surface area (Å²) in [5.74, 6) is -0.131. The van der Waals surface area contributed by atoms with Gasteiger partial charge in [-0.2, -0.15) is 0 Å². The van der Waals surface area contributed by atoms with Crippen LogP contribution < -0.4 is 5.32 Å². The average Bonchev–Trinajstić information content (AvgIpc) is 3.35. The number of nitrogens with one attached hydrogen (secondary N) is 1. The quantitative estimate of drug-likeness (QED) is 0.520. The fourth-order valence-electron chi connectivity index (χ4n) is 2.59. The first kappa shape index (κ1) is 16.6. The van der Waals surface area contributed by atoms with Gasteiger partial charge in [-0.1, -0.05) is 30.3 Å². The van der Waals surface area contributed by atoms with E-state index in [0.717, 1.165) is 15.1 Å². The third kappa shape index (κ3) is 3.42. The molecule has 4 nitrogen and oxygen atoms in total. The van der Waals surface area contributed by atoms with Crippen molar-refractivity contribution in [1.82, 2.24) is 10.3 Å². The maximum absolute atomic E-state index is 12.4. The van der Waals surface area contributed by atoms with Crippen molar-refractivity contribution in [2.75, 3.05) is 0 Å². The Morgan fingerprint density at radius 1 is 0.962 bits per heavy atom. The van der Waals surface area contributed by atoms with Gasteiger partial charge in [0.05, 0.1) is 27.1 Å². The summed E-state index contributed by atoms with van der Waals surface area (Å²) >= 11 is 2.92. The van der Waals surface area contributed by atoms with Crippen molar-refractivity contribution in [3.05, 3.63) is 87.1 Å². The van der Waals surface area contributed by atoms with Crippen LogP contribution >= 0.6 is 22.7 Å². The molecule has 2 aromatic heterocycles. The Kier molecular flexibility index (Phi) is 4.60. The van der Waals surface area contributed by atoms with E-state index in [9.17, 15) is 9.59 Å². The lowest BCUT2D eigenvalue weighted by molar-refractivity contribution is 0.0951. The second-order valence-electron chi connectivity index (χ2n) is 5.68. The summed E-state index contributed by atoms with van der Waals surface area (Å²) in [5.41, 5.74) is 3.94. The predicted molar refractivity (Wildman–Crippen MR) is 105 cm³/mol. The zero-order valence-corrected chi connectivity index (χ0v) is 15.3. The van der Waals surface area contributed by atoms with E-state index < -0.39 is 0 Å². The molecule has 4 aromatic rings. The predicted octanol–water partition coefficient (Wildman–Crippen LogP) is 4.52. The number of benzene rings is 2. The van der Waals surface area contributed by atoms with Gasteiger partial charge in [0.1, 0.15) is 0 Å². The van der Waals surface area contributed by atoms with Gasteiger partial charge >= 0.3 is 0 Å². The van der Waals surface area contributed by atoms with E-state index in [0.29, 0.717) is 22.5 Å². The number of rotatable bonds is 5. The van der Waals surface area contributed by atoms with E-state index in [1.54, 1.807) is 23.7 Å². The molecule has 0 aliphatic heterocycles. The van der Waals surface area contributed by atoms with Crippen molar-refractivity contribution in [2.24, 2.45) is 0 Å². The Labute approximate surface area is 158 Å². The Morgan fingerprint density at radius 2 is 1.81 bits per heavy atom. The molecule has 0 saturated heterocycles. The number of hydrogen-bond donors (Lipinski definition) is 1. The van der Waals surface area contributed by atoms with Crippen molar-refractivity contribution in [2.45, 2.75) is 6.54 Å². The number of hydrogen-bond acceptors (Lipinski definition) is 5. The Morgan fingerprint density at radius 3 is 2.65 bits per heavy atom. The summed E-state index contributed by atoms with van der Waals surface area (Å²) < 4.78 is 0.990. The number of carbonyl (C=O) groups excluding carboxylic acids is 2. The molecule has 2 heterocycles. The molecule has 0 fully saturated rings. The molecule has 0 spiro atoms. The summed E-state index contributed by atoms with van der Waals surface area (Å²) in [6.45, 7) is 0.395. The maximum atomic E-state index is 12.4. The fraction of sp³-hybridized carbons (Fsp3) is 0.0500. The number of aromatic nitrogens is 1. The molecule has 0 aliphatic rings. The molecule has 2 aromatic carbocycles. The van der Waals surface area contributed by atoms with Gasteiger partial charge in [0.25, 0.3) is 5.91 Å². The first-order valence-electron chi connectivity index (χ1n) is 8.00. The number of ketones is 1. The topological polar surface area (TPSA) is 59.1 Å². The van der Waals surface area contributed by atoms with Crippen molar-refractivity contribution in [3.63, 3.8) is 0 Å². The Bertz CT molecular complexity index is 1080. The van der Waals surface area contributed by atoms with E-state index >= 15 is 0 Å². The minimum absolute atomic E-state index is 0.00354. The van der Waals surface area contributed by atoms with E-state index in [1.165, 1.54) is 22.7 Å². The van der Waals surface area contributed by atoms with Crippen LogP contribution in [0.2, 0.25) is 0 Å². The number of thiazole rings is 1. The highest BCUT2D eigenvalue weighted by atomic mass is 32.1. The number of amides is 1. The van der Waals surface area contributed by atoms with Crippen LogP contribution in [0.15, 0.2) is 66.2 Å². The van der Waals surface area contributed by atoms with Gasteiger partial charge in [0.15, 0.2) is 0 Å². The highest BCUT2D eigenvalue weighted by molar-refractivity contribution is 7.16. The molecule has 0 unspecified atom stereocenters. The first-order chi connectivity index (χ1) is 12.7. The first-order valence-corrected chi connectivity index (χ1v) is 9.70. The number of fused-ring (bicyclic) bond motifs is 1. The summed E-state index contributed by atoms with van der Waals surface area (Å²) in [7, 11) is 0. The summed E-state index contributed by atoms with van der Waals surface area (Å²) in [6.07, 6.45) is 0. The largest absolute Gasteiger partial charge is 0.347 e. The van der Waals surface area contributed by atoms with Crippen molar-refractivity contribution >= 4 is 44.6 Å². The molecule has 0 atom stereocenters. The molecule has 128 valence electrons. The SMILES string of the molecule is O=C(NCc1ccc(C(=O)c2ccccc2)s1)c1ccc2ncsc2c1. The van der Waals surface area contributed by atoms with Gasteiger partial charge in [-0.25, -0.2) is 4.98 Å². The highest BCUT2D eigenvalue weighted by Crippen LogP contribution is 2.21. The average molecular weight is 378 g/mol. The lowest BCUT2D eigenvalue weighted by Gasteiger charge is -2.03. The van der Waals surface area contributed by atoms with Crippen LogP contribution in [-0.4, -0.2) is 16.7 Å². The molecule has 1 amide bonds. The van der Waals surface area contributed by atoms with E-state index in [1.807, 2.05) is 42.5 Å². The smallest absolute Gasteiger partial charge is 0.251 e. The number of nitrogens with zero attached hydrogens (tertiary/aromatic N) is 1. The molecule has 0 radical (unpaired) electrons. The number of thiophene rings is 1. The molecule has 0 bridgehead atoms. The molecule has 1 N–H and O–H groups in total. The summed E-state index contributed by atoms with van der Waals surface area (Å²) in [6, 6.07) is 18.4. The zero-order chi connectivity index (χ0) is 17.9. The van der Waals surface area contributed by atoms with Gasteiger partial charge < -0.3 is 5.32 Å². The maximum Gasteiger partial charge on any atom is 0.251 e. The molecule has 26 heavy (non-hydrogen) atoms. The summed E-state index contributed by atoms with van der Waals surface area (Å²) in [4.78, 5) is 30.6. The van der Waals surface area contributed by atoms with E-state index in [2.05, 4.69) is 10.3 Å². The molecule has 6 heteroatoms. The summed E-state index contributed by atoms with van der Waals surface area (Å²) in [5, 5.41) is 2.91. The highest BCUT2D eigenvalue weighted by Gasteiger charge is 2.12. The molecule has 0 saturated carbocycles. The van der Waals surface area contributed by atoms with Crippen molar-refractivity contribution < 1.29 is 9.59 Å². The van der Waals surface area contributed by atoms with Gasteiger partial charge in [-0.3, -0.25) is 9.59 Å². The zero-order valence-electron chi connectivity index (χ0n) is 13.6. The standard InChI is InChI=1S/C20H14N2O2S2/c23-19(13-4-2-1-3-5-13)17-9-7-15(26-17)11-21-20(24)14-6-8-16-18(10-14)25-12-22-16/h1-10,12H,11H2,(H,21,24). The van der Waals surface area contributed by atoms with Gasteiger partial charge in [-0.05, 0) is 30.3 Å². The van der Waals surface area contributed by atoms with Crippen molar-refractivity contribution in [1.29, 1.82) is 0 Å². The third-order valence-electron chi connectivity index (χ3n) is 3.94. The molecular formula is C20H14N2O2S2. The van der Waals surface area contributed by atoms with E-state index in [-0.39, 0.29) is 11.7 Å².